The van der Waals surface area contributed by atoms with Crippen LogP contribution in [0, 0.1) is 5.92 Å². The molecule has 2 aromatic carbocycles. The van der Waals surface area contributed by atoms with Crippen LogP contribution in [0.15, 0.2) is 60.7 Å². The second-order valence-electron chi connectivity index (χ2n) is 5.74. The van der Waals surface area contributed by atoms with Crippen LogP contribution in [0.1, 0.15) is 29.9 Å². The Labute approximate surface area is 142 Å². The molecular weight excluding hydrogens is 304 g/mol. The van der Waals surface area contributed by atoms with E-state index in [-0.39, 0.29) is 24.7 Å². The molecule has 0 aliphatic heterocycles. The van der Waals surface area contributed by atoms with Gasteiger partial charge in [0.1, 0.15) is 12.5 Å². The molecule has 0 radical (unpaired) electrons. The van der Waals surface area contributed by atoms with E-state index in [0.29, 0.717) is 6.42 Å². The van der Waals surface area contributed by atoms with Gasteiger partial charge in [-0.05, 0) is 24.0 Å². The molecular formula is C20H22O4. The fraction of sp³-hybridized carbons (Fsp3) is 0.300. The second-order valence-corrected chi connectivity index (χ2v) is 5.74. The van der Waals surface area contributed by atoms with Crippen molar-refractivity contribution in [3.8, 4) is 0 Å². The molecule has 4 nitrogen and oxygen atoms in total. The van der Waals surface area contributed by atoms with Gasteiger partial charge in [0.05, 0.1) is 0 Å². The molecule has 1 atom stereocenters. The van der Waals surface area contributed by atoms with Gasteiger partial charge in [0, 0.05) is 13.0 Å². The zero-order valence-corrected chi connectivity index (χ0v) is 13.7. The number of ether oxygens (including phenoxy) is 1. The van der Waals surface area contributed by atoms with Crippen LogP contribution >= 0.6 is 0 Å². The largest absolute Gasteiger partial charge is 0.481 e. The van der Waals surface area contributed by atoms with Crippen molar-refractivity contribution in [1.29, 1.82) is 0 Å². The molecule has 0 aliphatic carbocycles. The van der Waals surface area contributed by atoms with Gasteiger partial charge < -0.3 is 9.84 Å². The summed E-state index contributed by atoms with van der Waals surface area (Å²) < 4.78 is 4.80. The molecule has 2 aromatic rings. The van der Waals surface area contributed by atoms with Gasteiger partial charge in [0.25, 0.3) is 0 Å². The summed E-state index contributed by atoms with van der Waals surface area (Å²) in [4.78, 5) is 23.4. The lowest BCUT2D eigenvalue weighted by Crippen LogP contribution is -2.27. The van der Waals surface area contributed by atoms with Crippen molar-refractivity contribution in [1.82, 2.24) is 0 Å². The summed E-state index contributed by atoms with van der Waals surface area (Å²) in [5, 5.41) is 9.35. The highest BCUT2D eigenvalue weighted by molar-refractivity contribution is 5.98. The predicted molar refractivity (Wildman–Crippen MR) is 92.0 cm³/mol. The Morgan fingerprint density at radius 2 is 1.42 bits per heavy atom. The number of hydrogen-bond acceptors (Lipinski definition) is 3. The molecule has 0 saturated carbocycles. The molecule has 1 unspecified atom stereocenters. The molecule has 0 amide bonds. The predicted octanol–water partition coefficient (Wildman–Crippen LogP) is 3.52. The Morgan fingerprint density at radius 1 is 0.917 bits per heavy atom. The maximum absolute atomic E-state index is 12.0. The fourth-order valence-electron chi connectivity index (χ4n) is 2.89. The van der Waals surface area contributed by atoms with Crippen molar-refractivity contribution < 1.29 is 19.4 Å². The highest BCUT2D eigenvalue weighted by Crippen LogP contribution is 2.30. The number of carboxylic acids is 1. The lowest BCUT2D eigenvalue weighted by atomic mass is 9.84. The molecule has 0 fully saturated rings. The number of carboxylic acid groups (broad SMARTS) is 1. The zero-order valence-electron chi connectivity index (χ0n) is 13.7. The highest BCUT2D eigenvalue weighted by Gasteiger charge is 2.27. The third-order valence-corrected chi connectivity index (χ3v) is 4.12. The van der Waals surface area contributed by atoms with Crippen LogP contribution in [0.3, 0.4) is 0 Å². The van der Waals surface area contributed by atoms with E-state index in [0.717, 1.165) is 11.1 Å². The molecule has 2 rings (SSSR count). The van der Waals surface area contributed by atoms with Crippen LogP contribution in [0.4, 0.5) is 0 Å². The molecule has 0 aromatic heterocycles. The lowest BCUT2D eigenvalue weighted by molar-refractivity contribution is -0.147. The maximum Gasteiger partial charge on any atom is 0.314 e. The second kappa shape index (κ2) is 8.99. The standard InChI is InChI=1S/C20H22O4/c1-24-14-19(21)18(20(22)23)13-12-17(15-8-4-2-5-9-15)16-10-6-3-7-11-16/h2-11,17-18H,12-14H2,1H3,(H,22,23). The third-order valence-electron chi connectivity index (χ3n) is 4.12. The highest BCUT2D eigenvalue weighted by atomic mass is 16.5. The SMILES string of the molecule is COCC(=O)C(CCC(c1ccccc1)c1ccccc1)C(=O)O. The van der Waals surface area contributed by atoms with Crippen LogP contribution in [0.25, 0.3) is 0 Å². The number of hydrogen-bond donors (Lipinski definition) is 1. The molecule has 1 N–H and O–H groups in total. The van der Waals surface area contributed by atoms with Gasteiger partial charge in [0.15, 0.2) is 5.78 Å². The number of carbonyl (C=O) groups excluding carboxylic acids is 1. The molecule has 4 heteroatoms. The van der Waals surface area contributed by atoms with Gasteiger partial charge in [-0.2, -0.15) is 0 Å². The minimum atomic E-state index is -1.09. The average molecular weight is 326 g/mol. The Morgan fingerprint density at radius 3 is 1.83 bits per heavy atom. The van der Waals surface area contributed by atoms with Crippen LogP contribution in [0.5, 0.6) is 0 Å². The van der Waals surface area contributed by atoms with E-state index >= 15 is 0 Å². The van der Waals surface area contributed by atoms with Crippen molar-refractivity contribution in [2.24, 2.45) is 5.92 Å². The minimum absolute atomic E-state index is 0.0598. The molecule has 0 bridgehead atoms. The zero-order chi connectivity index (χ0) is 17.4. The summed E-state index contributed by atoms with van der Waals surface area (Å²) in [7, 11) is 1.40. The van der Waals surface area contributed by atoms with Crippen LogP contribution in [0.2, 0.25) is 0 Å². The summed E-state index contributed by atoms with van der Waals surface area (Å²) in [6.45, 7) is -0.168. The van der Waals surface area contributed by atoms with E-state index in [9.17, 15) is 14.7 Å². The first-order chi connectivity index (χ1) is 11.6. The van der Waals surface area contributed by atoms with Crippen molar-refractivity contribution in [2.45, 2.75) is 18.8 Å². The van der Waals surface area contributed by atoms with Gasteiger partial charge in [-0.15, -0.1) is 0 Å². The number of aliphatic carboxylic acids is 1. The van der Waals surface area contributed by atoms with Crippen LogP contribution in [-0.2, 0) is 14.3 Å². The Balaban J connectivity index is 2.19. The Hall–Kier alpha value is -2.46. The lowest BCUT2D eigenvalue weighted by Gasteiger charge is -2.20. The molecule has 0 heterocycles. The summed E-state index contributed by atoms with van der Waals surface area (Å²) in [6.07, 6.45) is 0.867. The maximum atomic E-state index is 12.0. The van der Waals surface area contributed by atoms with Crippen molar-refractivity contribution in [3.05, 3.63) is 71.8 Å². The molecule has 126 valence electrons. The normalized spacial score (nSPS) is 12.1. The number of ketones is 1. The number of benzene rings is 2. The van der Waals surface area contributed by atoms with Gasteiger partial charge in [0.2, 0.25) is 0 Å². The molecule has 0 spiro atoms. The van der Waals surface area contributed by atoms with Gasteiger partial charge in [-0.3, -0.25) is 9.59 Å². The smallest absolute Gasteiger partial charge is 0.314 e. The summed E-state index contributed by atoms with van der Waals surface area (Å²) >= 11 is 0. The van der Waals surface area contributed by atoms with Gasteiger partial charge in [-0.25, -0.2) is 0 Å². The summed E-state index contributed by atoms with van der Waals surface area (Å²) in [5.74, 6) is -2.44. The summed E-state index contributed by atoms with van der Waals surface area (Å²) in [5.41, 5.74) is 2.24. The van der Waals surface area contributed by atoms with Crippen molar-refractivity contribution in [3.63, 3.8) is 0 Å². The van der Waals surface area contributed by atoms with Gasteiger partial charge >= 0.3 is 5.97 Å². The number of carbonyl (C=O) groups is 2. The monoisotopic (exact) mass is 326 g/mol. The van der Waals surface area contributed by atoms with Crippen LogP contribution in [-0.4, -0.2) is 30.6 Å². The minimum Gasteiger partial charge on any atom is -0.481 e. The van der Waals surface area contributed by atoms with E-state index < -0.39 is 11.9 Å². The first kappa shape index (κ1) is 17.9. The molecule has 0 saturated heterocycles. The topological polar surface area (TPSA) is 63.6 Å². The fourth-order valence-corrected chi connectivity index (χ4v) is 2.89. The number of methoxy groups -OCH3 is 1. The Bertz CT molecular complexity index is 612. The van der Waals surface area contributed by atoms with E-state index in [4.69, 9.17) is 4.74 Å². The molecule has 0 aliphatic rings. The van der Waals surface area contributed by atoms with E-state index in [1.54, 1.807) is 0 Å². The van der Waals surface area contributed by atoms with Crippen molar-refractivity contribution in [2.75, 3.05) is 13.7 Å². The number of Topliss-reactive ketones (excluding diaryl/α,β-unsaturated/α-hetero) is 1. The molecule has 24 heavy (non-hydrogen) atoms. The summed E-state index contributed by atoms with van der Waals surface area (Å²) in [6, 6.07) is 19.9. The van der Waals surface area contributed by atoms with Crippen molar-refractivity contribution >= 4 is 11.8 Å². The van der Waals surface area contributed by atoms with E-state index in [1.807, 2.05) is 60.7 Å². The van der Waals surface area contributed by atoms with E-state index in [2.05, 4.69) is 0 Å². The quantitative estimate of drug-likeness (QED) is 0.716. The number of rotatable bonds is 9. The Kier molecular flexibility index (Phi) is 6.70. The van der Waals surface area contributed by atoms with E-state index in [1.165, 1.54) is 7.11 Å². The first-order valence-corrected chi connectivity index (χ1v) is 7.97. The first-order valence-electron chi connectivity index (χ1n) is 7.97. The van der Waals surface area contributed by atoms with Gasteiger partial charge in [-0.1, -0.05) is 60.7 Å². The third kappa shape index (κ3) is 4.77. The van der Waals surface area contributed by atoms with Crippen LogP contribution < -0.4 is 0 Å². The average Bonchev–Trinajstić information content (AvgIpc) is 2.60.